The van der Waals surface area contributed by atoms with E-state index in [1.807, 2.05) is 0 Å². The highest BCUT2D eigenvalue weighted by Crippen LogP contribution is 2.57. The third-order valence-electron chi connectivity index (χ3n) is 6.75. The number of likely N-dealkylation sites (tertiary alicyclic amines) is 1. The van der Waals surface area contributed by atoms with Crippen LogP contribution in [0.25, 0.3) is 0 Å². The number of ether oxygens (including phenoxy) is 1. The molecule has 2 amide bonds. The number of carbonyl (C=O) groups is 1. The minimum Gasteiger partial charge on any atom is -0.381 e. The summed E-state index contributed by atoms with van der Waals surface area (Å²) in [6, 6.07) is 0.678. The molecule has 4 fully saturated rings. The van der Waals surface area contributed by atoms with Crippen molar-refractivity contribution < 1.29 is 9.53 Å². The minimum absolute atomic E-state index is 0.200. The minimum atomic E-state index is 0.200. The fourth-order valence-electron chi connectivity index (χ4n) is 4.91. The Kier molecular flexibility index (Phi) is 3.40. The molecule has 4 heteroatoms. The molecule has 0 aromatic heterocycles. The second-order valence-electron chi connectivity index (χ2n) is 7.88. The van der Waals surface area contributed by atoms with Crippen LogP contribution in [0.5, 0.6) is 0 Å². The lowest BCUT2D eigenvalue weighted by atomic mass is 9.72. The molecular weight excluding hydrogens is 264 g/mol. The molecule has 2 saturated heterocycles. The maximum atomic E-state index is 12.4. The molecule has 4 nitrogen and oxygen atoms in total. The zero-order valence-corrected chi connectivity index (χ0v) is 13.0. The number of rotatable bonds is 1. The highest BCUT2D eigenvalue weighted by molar-refractivity contribution is 5.75. The fraction of sp³-hybridized carbons (Fsp3) is 0.941. The highest BCUT2D eigenvalue weighted by atomic mass is 16.5. The summed E-state index contributed by atoms with van der Waals surface area (Å²) in [5, 5.41) is 3.31. The van der Waals surface area contributed by atoms with E-state index >= 15 is 0 Å². The molecule has 1 N–H and O–H groups in total. The summed E-state index contributed by atoms with van der Waals surface area (Å²) in [7, 11) is 0. The van der Waals surface area contributed by atoms with Crippen molar-refractivity contribution in [1.82, 2.24) is 10.2 Å². The molecule has 0 radical (unpaired) electrons. The van der Waals surface area contributed by atoms with E-state index < -0.39 is 0 Å². The Morgan fingerprint density at radius 3 is 2.33 bits per heavy atom. The van der Waals surface area contributed by atoms with Crippen LogP contribution in [0.15, 0.2) is 0 Å². The van der Waals surface area contributed by atoms with Gasteiger partial charge in [0.1, 0.15) is 0 Å². The standard InChI is InChI=1S/C17H28N2O2/c20-15(18-14-13-17(14)3-1-2-4-17)19-9-5-16(6-10-19)7-11-21-12-8-16/h14H,1-13H2,(H,18,20). The number of carbonyl (C=O) groups excluding carboxylic acids is 1. The van der Waals surface area contributed by atoms with Crippen molar-refractivity contribution in [2.75, 3.05) is 26.3 Å². The maximum absolute atomic E-state index is 12.4. The van der Waals surface area contributed by atoms with Crippen molar-refractivity contribution in [1.29, 1.82) is 0 Å². The van der Waals surface area contributed by atoms with Gasteiger partial charge in [-0.05, 0) is 55.8 Å². The quantitative estimate of drug-likeness (QED) is 0.807. The maximum Gasteiger partial charge on any atom is 0.317 e. The molecule has 0 aromatic rings. The molecule has 2 spiro atoms. The molecule has 0 aromatic carbocycles. The molecule has 118 valence electrons. The Bertz CT molecular complexity index is 401. The number of piperidine rings is 1. The number of hydrogen-bond donors (Lipinski definition) is 1. The Labute approximate surface area is 127 Å². The highest BCUT2D eigenvalue weighted by Gasteiger charge is 2.56. The smallest absolute Gasteiger partial charge is 0.317 e. The lowest BCUT2D eigenvalue weighted by Crippen LogP contribution is -2.49. The summed E-state index contributed by atoms with van der Waals surface area (Å²) in [5.74, 6) is 0. The van der Waals surface area contributed by atoms with Crippen LogP contribution in [0.3, 0.4) is 0 Å². The van der Waals surface area contributed by atoms with Gasteiger partial charge in [-0.1, -0.05) is 12.8 Å². The lowest BCUT2D eigenvalue weighted by Gasteiger charge is -2.44. The lowest BCUT2D eigenvalue weighted by molar-refractivity contribution is -0.0145. The van der Waals surface area contributed by atoms with E-state index in [-0.39, 0.29) is 6.03 Å². The van der Waals surface area contributed by atoms with Crippen LogP contribution in [0.4, 0.5) is 4.79 Å². The van der Waals surface area contributed by atoms with Crippen molar-refractivity contribution in [2.45, 2.75) is 63.8 Å². The van der Waals surface area contributed by atoms with E-state index in [2.05, 4.69) is 10.2 Å². The number of amides is 2. The normalized spacial score (nSPS) is 33.3. The first-order valence-corrected chi connectivity index (χ1v) is 8.85. The van der Waals surface area contributed by atoms with E-state index in [0.717, 1.165) is 26.3 Å². The van der Waals surface area contributed by atoms with Crippen molar-refractivity contribution >= 4 is 6.03 Å². The van der Waals surface area contributed by atoms with Gasteiger partial charge in [0.2, 0.25) is 0 Å². The van der Waals surface area contributed by atoms with Gasteiger partial charge in [-0.25, -0.2) is 4.79 Å². The summed E-state index contributed by atoms with van der Waals surface area (Å²) in [6.45, 7) is 3.70. The van der Waals surface area contributed by atoms with Gasteiger partial charge in [0.25, 0.3) is 0 Å². The molecule has 2 saturated carbocycles. The van der Waals surface area contributed by atoms with Gasteiger partial charge in [-0.15, -0.1) is 0 Å². The van der Waals surface area contributed by atoms with Crippen molar-refractivity contribution in [3.8, 4) is 0 Å². The van der Waals surface area contributed by atoms with E-state index in [1.165, 1.54) is 57.8 Å². The topological polar surface area (TPSA) is 41.6 Å². The monoisotopic (exact) mass is 292 g/mol. The van der Waals surface area contributed by atoms with Crippen LogP contribution >= 0.6 is 0 Å². The molecule has 4 aliphatic rings. The second kappa shape index (κ2) is 5.15. The average molecular weight is 292 g/mol. The summed E-state index contributed by atoms with van der Waals surface area (Å²) < 4.78 is 5.49. The number of hydrogen-bond acceptors (Lipinski definition) is 2. The van der Waals surface area contributed by atoms with Crippen LogP contribution in [-0.2, 0) is 4.74 Å². The Balaban J connectivity index is 1.27. The summed E-state index contributed by atoms with van der Waals surface area (Å²) in [6.07, 6.45) is 11.3. The molecule has 0 bridgehead atoms. The predicted molar refractivity (Wildman–Crippen MR) is 81.1 cm³/mol. The van der Waals surface area contributed by atoms with Gasteiger partial charge in [-0.3, -0.25) is 0 Å². The molecule has 2 heterocycles. The Hall–Kier alpha value is -0.770. The van der Waals surface area contributed by atoms with Crippen LogP contribution < -0.4 is 5.32 Å². The third-order valence-corrected chi connectivity index (χ3v) is 6.75. The van der Waals surface area contributed by atoms with E-state index in [9.17, 15) is 4.79 Å². The van der Waals surface area contributed by atoms with E-state index in [4.69, 9.17) is 4.74 Å². The molecule has 4 rings (SSSR count). The summed E-state index contributed by atoms with van der Waals surface area (Å²) in [5.41, 5.74) is 0.981. The molecular formula is C17H28N2O2. The van der Waals surface area contributed by atoms with Gasteiger partial charge in [0.05, 0.1) is 0 Å². The third kappa shape index (κ3) is 2.56. The van der Waals surface area contributed by atoms with Crippen LogP contribution in [0.2, 0.25) is 0 Å². The zero-order valence-electron chi connectivity index (χ0n) is 13.0. The fourth-order valence-corrected chi connectivity index (χ4v) is 4.91. The van der Waals surface area contributed by atoms with Gasteiger partial charge in [-0.2, -0.15) is 0 Å². The van der Waals surface area contributed by atoms with Crippen molar-refractivity contribution in [3.63, 3.8) is 0 Å². The number of nitrogens with one attached hydrogen (secondary N) is 1. The van der Waals surface area contributed by atoms with Gasteiger partial charge < -0.3 is 15.0 Å². The van der Waals surface area contributed by atoms with E-state index in [0.29, 0.717) is 16.9 Å². The first-order valence-electron chi connectivity index (χ1n) is 8.85. The molecule has 21 heavy (non-hydrogen) atoms. The van der Waals surface area contributed by atoms with Gasteiger partial charge >= 0.3 is 6.03 Å². The number of urea groups is 1. The first-order chi connectivity index (χ1) is 10.2. The Morgan fingerprint density at radius 1 is 1.00 bits per heavy atom. The van der Waals surface area contributed by atoms with Gasteiger partial charge in [0, 0.05) is 32.3 Å². The Morgan fingerprint density at radius 2 is 1.67 bits per heavy atom. The molecule has 2 aliphatic heterocycles. The average Bonchev–Trinajstić information content (AvgIpc) is 2.94. The van der Waals surface area contributed by atoms with Gasteiger partial charge in [0.15, 0.2) is 0 Å². The SMILES string of the molecule is O=C(NC1CC12CCCC2)N1CCC2(CCOCC2)CC1. The molecule has 1 atom stereocenters. The second-order valence-corrected chi connectivity index (χ2v) is 7.88. The predicted octanol–water partition coefficient (Wildman–Crippen LogP) is 2.92. The van der Waals surface area contributed by atoms with Crippen LogP contribution in [-0.4, -0.2) is 43.3 Å². The van der Waals surface area contributed by atoms with Crippen LogP contribution in [0.1, 0.15) is 57.8 Å². The zero-order chi connectivity index (χ0) is 14.3. The van der Waals surface area contributed by atoms with E-state index in [1.54, 1.807) is 0 Å². The molecule has 1 unspecified atom stereocenters. The first kappa shape index (κ1) is 13.9. The van der Waals surface area contributed by atoms with Crippen LogP contribution in [0, 0.1) is 10.8 Å². The van der Waals surface area contributed by atoms with Crippen molar-refractivity contribution in [2.24, 2.45) is 10.8 Å². The summed E-state index contributed by atoms with van der Waals surface area (Å²) >= 11 is 0. The summed E-state index contributed by atoms with van der Waals surface area (Å²) in [4.78, 5) is 14.5. The molecule has 2 aliphatic carbocycles. The van der Waals surface area contributed by atoms with Crippen molar-refractivity contribution in [3.05, 3.63) is 0 Å². The largest absolute Gasteiger partial charge is 0.381 e. The number of nitrogens with zero attached hydrogens (tertiary/aromatic N) is 1.